The molecule has 2 aromatic rings. The van der Waals surface area contributed by atoms with Crippen LogP contribution < -0.4 is 5.73 Å². The molecule has 0 amide bonds. The molecule has 0 radical (unpaired) electrons. The molecule has 2 rings (SSSR count). The minimum Gasteiger partial charge on any atom is -0.478 e. The molecule has 0 saturated heterocycles. The van der Waals surface area contributed by atoms with Crippen molar-refractivity contribution in [3.63, 3.8) is 0 Å². The molecule has 0 spiro atoms. The first-order chi connectivity index (χ1) is 9.77. The van der Waals surface area contributed by atoms with E-state index in [4.69, 9.17) is 10.8 Å². The van der Waals surface area contributed by atoms with Gasteiger partial charge in [-0.15, -0.1) is 0 Å². The molecule has 0 bridgehead atoms. The molecule has 0 saturated carbocycles. The van der Waals surface area contributed by atoms with Gasteiger partial charge >= 0.3 is 12.1 Å². The van der Waals surface area contributed by atoms with Crippen LogP contribution in [0.15, 0.2) is 46.5 Å². The fourth-order valence-corrected chi connectivity index (χ4v) is 2.38. The largest absolute Gasteiger partial charge is 0.478 e. The molecule has 4 nitrogen and oxygen atoms in total. The molecule has 0 atom stereocenters. The molecule has 3 N–H and O–H groups in total. The Kier molecular flexibility index (Phi) is 4.08. The van der Waals surface area contributed by atoms with Gasteiger partial charge in [0, 0.05) is 16.8 Å². The number of carboxylic acid groups (broad SMARTS) is 1. The molecule has 1 heterocycles. The minimum absolute atomic E-state index is 0.0262. The predicted molar refractivity (Wildman–Crippen MR) is 71.2 cm³/mol. The van der Waals surface area contributed by atoms with Gasteiger partial charge in [0.2, 0.25) is 0 Å². The van der Waals surface area contributed by atoms with E-state index < -0.39 is 17.7 Å². The van der Waals surface area contributed by atoms with Crippen LogP contribution in [0.4, 0.5) is 18.9 Å². The van der Waals surface area contributed by atoms with E-state index in [1.807, 2.05) is 0 Å². The van der Waals surface area contributed by atoms with Crippen molar-refractivity contribution in [2.75, 3.05) is 5.73 Å². The molecule has 0 aliphatic carbocycles. The number of aromatic nitrogens is 1. The van der Waals surface area contributed by atoms with E-state index in [9.17, 15) is 18.0 Å². The highest BCUT2D eigenvalue weighted by Crippen LogP contribution is 2.33. The van der Waals surface area contributed by atoms with E-state index in [0.717, 1.165) is 17.8 Å². The number of nitrogens with two attached hydrogens (primary N) is 1. The van der Waals surface area contributed by atoms with Gasteiger partial charge in [-0.05, 0) is 30.3 Å². The first-order valence-electron chi connectivity index (χ1n) is 5.61. The lowest BCUT2D eigenvalue weighted by Gasteiger charge is -2.08. The second-order valence-electron chi connectivity index (χ2n) is 4.05. The molecule has 0 fully saturated rings. The molecule has 0 aliphatic heterocycles. The Morgan fingerprint density at radius 3 is 2.48 bits per heavy atom. The third kappa shape index (κ3) is 3.66. The fraction of sp³-hybridized carbons (Fsp3) is 0.0769. The first-order valence-corrected chi connectivity index (χ1v) is 6.43. The van der Waals surface area contributed by atoms with Crippen molar-refractivity contribution in [2.24, 2.45) is 0 Å². The molecule has 0 aliphatic rings. The van der Waals surface area contributed by atoms with Crippen LogP contribution in [0.5, 0.6) is 0 Å². The summed E-state index contributed by atoms with van der Waals surface area (Å²) < 4.78 is 37.3. The van der Waals surface area contributed by atoms with Crippen LogP contribution in [-0.2, 0) is 6.18 Å². The lowest BCUT2D eigenvalue weighted by molar-refractivity contribution is -0.137. The van der Waals surface area contributed by atoms with Crippen LogP contribution in [0.3, 0.4) is 0 Å². The summed E-state index contributed by atoms with van der Waals surface area (Å²) in [6.07, 6.45) is -3.75. The number of aromatic carboxylic acids is 1. The van der Waals surface area contributed by atoms with Crippen molar-refractivity contribution in [2.45, 2.75) is 16.1 Å². The highest BCUT2D eigenvalue weighted by Gasteiger charge is 2.30. The maximum atomic E-state index is 12.4. The number of pyridine rings is 1. The Hall–Kier alpha value is -2.22. The molecular weight excluding hydrogens is 305 g/mol. The van der Waals surface area contributed by atoms with Crippen molar-refractivity contribution < 1.29 is 23.1 Å². The highest BCUT2D eigenvalue weighted by molar-refractivity contribution is 7.99. The van der Waals surface area contributed by atoms with Crippen LogP contribution in [0.25, 0.3) is 0 Å². The molecular formula is C13H9F3N2O2S. The SMILES string of the molecule is Nc1ccc(Sc2ccc(C(F)(F)F)cn2)c(C(=O)O)c1. The van der Waals surface area contributed by atoms with Gasteiger partial charge in [0.15, 0.2) is 0 Å². The van der Waals surface area contributed by atoms with E-state index in [2.05, 4.69) is 4.98 Å². The quantitative estimate of drug-likeness (QED) is 0.848. The van der Waals surface area contributed by atoms with Gasteiger partial charge in [0.1, 0.15) is 5.03 Å². The Bertz CT molecular complexity index is 672. The summed E-state index contributed by atoms with van der Waals surface area (Å²) in [7, 11) is 0. The number of carbonyl (C=O) groups is 1. The van der Waals surface area contributed by atoms with Crippen LogP contribution in [-0.4, -0.2) is 16.1 Å². The molecule has 21 heavy (non-hydrogen) atoms. The minimum atomic E-state index is -4.45. The van der Waals surface area contributed by atoms with E-state index in [1.54, 1.807) is 0 Å². The number of alkyl halides is 3. The standard InChI is InChI=1S/C13H9F3N2O2S/c14-13(15,16)7-1-4-11(18-6-7)21-10-3-2-8(17)5-9(10)12(19)20/h1-6H,17H2,(H,19,20). The van der Waals surface area contributed by atoms with Crippen molar-refractivity contribution in [1.29, 1.82) is 0 Å². The smallest absolute Gasteiger partial charge is 0.417 e. The first kappa shape index (κ1) is 15.2. The van der Waals surface area contributed by atoms with Crippen LogP contribution in [0.2, 0.25) is 0 Å². The van der Waals surface area contributed by atoms with E-state index >= 15 is 0 Å². The number of hydrogen-bond donors (Lipinski definition) is 2. The third-order valence-electron chi connectivity index (χ3n) is 2.51. The van der Waals surface area contributed by atoms with Gasteiger partial charge in [0.05, 0.1) is 11.1 Å². The Morgan fingerprint density at radius 1 is 1.24 bits per heavy atom. The van der Waals surface area contributed by atoms with Crippen LogP contribution >= 0.6 is 11.8 Å². The van der Waals surface area contributed by atoms with Crippen molar-refractivity contribution >= 4 is 23.4 Å². The summed E-state index contributed by atoms with van der Waals surface area (Å²) in [4.78, 5) is 15.1. The second kappa shape index (κ2) is 5.65. The van der Waals surface area contributed by atoms with Gasteiger partial charge in [0.25, 0.3) is 0 Å². The Balaban J connectivity index is 2.28. The number of nitrogen functional groups attached to an aromatic ring is 1. The third-order valence-corrected chi connectivity index (χ3v) is 3.54. The zero-order chi connectivity index (χ0) is 15.6. The fourth-order valence-electron chi connectivity index (χ4n) is 1.52. The van der Waals surface area contributed by atoms with Crippen molar-refractivity contribution in [1.82, 2.24) is 4.98 Å². The predicted octanol–water partition coefficient (Wildman–Crippen LogP) is 3.53. The topological polar surface area (TPSA) is 76.2 Å². The van der Waals surface area contributed by atoms with Gasteiger partial charge < -0.3 is 10.8 Å². The van der Waals surface area contributed by atoms with Crippen LogP contribution in [0, 0.1) is 0 Å². The monoisotopic (exact) mass is 314 g/mol. The van der Waals surface area contributed by atoms with Crippen LogP contribution in [0.1, 0.15) is 15.9 Å². The van der Waals surface area contributed by atoms with Gasteiger partial charge in [-0.1, -0.05) is 11.8 Å². The van der Waals surface area contributed by atoms with E-state index in [0.29, 0.717) is 11.1 Å². The zero-order valence-electron chi connectivity index (χ0n) is 10.4. The second-order valence-corrected chi connectivity index (χ2v) is 5.11. The van der Waals surface area contributed by atoms with Gasteiger partial charge in [-0.25, -0.2) is 9.78 Å². The van der Waals surface area contributed by atoms with Gasteiger partial charge in [-0.2, -0.15) is 13.2 Å². The Labute approximate surface area is 121 Å². The number of halogens is 3. The summed E-state index contributed by atoms with van der Waals surface area (Å²) in [5.41, 5.74) is 4.92. The zero-order valence-corrected chi connectivity index (χ0v) is 11.2. The summed E-state index contributed by atoms with van der Waals surface area (Å²) >= 11 is 0.956. The van der Waals surface area contributed by atoms with Gasteiger partial charge in [-0.3, -0.25) is 0 Å². The Morgan fingerprint density at radius 2 is 1.95 bits per heavy atom. The summed E-state index contributed by atoms with van der Waals surface area (Å²) in [5.74, 6) is -1.17. The number of benzene rings is 1. The molecule has 1 aromatic carbocycles. The number of rotatable bonds is 3. The maximum absolute atomic E-state index is 12.4. The lowest BCUT2D eigenvalue weighted by atomic mass is 10.2. The van der Waals surface area contributed by atoms with Crippen molar-refractivity contribution in [3.8, 4) is 0 Å². The maximum Gasteiger partial charge on any atom is 0.417 e. The molecule has 110 valence electrons. The average molecular weight is 314 g/mol. The number of nitrogens with zero attached hydrogens (tertiary/aromatic N) is 1. The molecule has 1 aromatic heterocycles. The highest BCUT2D eigenvalue weighted by atomic mass is 32.2. The average Bonchev–Trinajstić information content (AvgIpc) is 2.40. The van der Waals surface area contributed by atoms with Crippen molar-refractivity contribution in [3.05, 3.63) is 47.7 Å². The normalized spacial score (nSPS) is 11.4. The summed E-state index contributed by atoms with van der Waals surface area (Å²) in [5, 5.41) is 9.34. The number of anilines is 1. The lowest BCUT2D eigenvalue weighted by Crippen LogP contribution is -2.05. The van der Waals surface area contributed by atoms with E-state index in [1.165, 1.54) is 24.3 Å². The van der Waals surface area contributed by atoms with E-state index in [-0.39, 0.29) is 16.3 Å². The number of hydrogen-bond acceptors (Lipinski definition) is 4. The summed E-state index contributed by atoms with van der Waals surface area (Å²) in [6, 6.07) is 6.37. The molecule has 8 heteroatoms. The number of carboxylic acids is 1. The summed E-state index contributed by atoms with van der Waals surface area (Å²) in [6.45, 7) is 0. The molecule has 0 unspecified atom stereocenters.